The molecule has 0 radical (unpaired) electrons. The molecule has 0 fully saturated rings. The molecule has 0 aliphatic heterocycles. The summed E-state index contributed by atoms with van der Waals surface area (Å²) in [6, 6.07) is 40.4. The molecule has 0 heterocycles. The topological polar surface area (TPSA) is 9.23 Å². The van der Waals surface area contributed by atoms with Gasteiger partial charge in [-0.2, -0.15) is 0 Å². The highest BCUT2D eigenvalue weighted by molar-refractivity contribution is 5.88. The van der Waals surface area contributed by atoms with Gasteiger partial charge in [-0.1, -0.05) is 90.5 Å². The fourth-order valence-corrected chi connectivity index (χ4v) is 3.87. The first-order valence-electron chi connectivity index (χ1n) is 10.6. The number of hydrogen-bond donors (Lipinski definition) is 0. The van der Waals surface area contributed by atoms with Gasteiger partial charge in [-0.3, -0.25) is 0 Å². The Hall–Kier alpha value is -3.84. The van der Waals surface area contributed by atoms with E-state index in [1.165, 1.54) is 38.6 Å². The summed E-state index contributed by atoms with van der Waals surface area (Å²) >= 11 is 0. The van der Waals surface area contributed by atoms with Crippen molar-refractivity contribution >= 4 is 10.8 Å². The Morgan fingerprint density at radius 3 is 1.94 bits per heavy atom. The van der Waals surface area contributed by atoms with Crippen LogP contribution >= 0.6 is 0 Å². The van der Waals surface area contributed by atoms with E-state index >= 15 is 0 Å². The monoisotopic (exact) mass is 400 g/mol. The molecule has 0 saturated carbocycles. The van der Waals surface area contributed by atoms with Crippen LogP contribution in [-0.4, -0.2) is 0 Å². The molecule has 1 heteroatoms. The lowest BCUT2D eigenvalue weighted by Crippen LogP contribution is -1.90. The lowest BCUT2D eigenvalue weighted by Gasteiger charge is -2.09. The average Bonchev–Trinajstić information content (AvgIpc) is 2.81. The Morgan fingerprint density at radius 2 is 1.16 bits per heavy atom. The molecule has 0 amide bonds. The first kappa shape index (κ1) is 19.1. The molecule has 1 nitrogen and oxygen atoms in total. The van der Waals surface area contributed by atoms with Crippen molar-refractivity contribution in [2.45, 2.75) is 13.3 Å². The number of fused-ring (bicyclic) bond motifs is 1. The van der Waals surface area contributed by atoms with Crippen LogP contribution in [0.3, 0.4) is 0 Å². The Kier molecular flexibility index (Phi) is 5.24. The molecule has 150 valence electrons. The summed E-state index contributed by atoms with van der Waals surface area (Å²) in [7, 11) is 0. The molecule has 31 heavy (non-hydrogen) atoms. The maximum absolute atomic E-state index is 5.90. The van der Waals surface area contributed by atoms with Gasteiger partial charge in [-0.05, 0) is 76.7 Å². The second kappa shape index (κ2) is 8.49. The summed E-state index contributed by atoms with van der Waals surface area (Å²) in [4.78, 5) is 0. The molecular formula is C30H24O. The lowest BCUT2D eigenvalue weighted by atomic mass is 9.97. The fourth-order valence-electron chi connectivity index (χ4n) is 3.87. The normalized spacial score (nSPS) is 10.9. The van der Waals surface area contributed by atoms with Gasteiger partial charge in [0.05, 0.1) is 0 Å². The fraction of sp³-hybridized carbons (Fsp3) is 0.0667. The van der Waals surface area contributed by atoms with Gasteiger partial charge in [0.2, 0.25) is 0 Å². The first-order chi connectivity index (χ1) is 15.2. The average molecular weight is 401 g/mol. The highest BCUT2D eigenvalue weighted by Gasteiger charge is 2.04. The number of aryl methyl sites for hydroxylation is 1. The molecule has 0 N–H and O–H groups in total. The Bertz CT molecular complexity index is 1300. The molecule has 0 unspecified atom stereocenters. The Labute approximate surface area is 183 Å². The van der Waals surface area contributed by atoms with E-state index in [2.05, 4.69) is 79.7 Å². The van der Waals surface area contributed by atoms with Gasteiger partial charge in [-0.25, -0.2) is 0 Å². The van der Waals surface area contributed by atoms with Crippen molar-refractivity contribution in [3.63, 3.8) is 0 Å². The molecular weight excluding hydrogens is 376 g/mol. The van der Waals surface area contributed by atoms with Crippen molar-refractivity contribution < 1.29 is 4.74 Å². The van der Waals surface area contributed by atoms with Crippen LogP contribution in [-0.2, 0) is 6.42 Å². The quantitative estimate of drug-likeness (QED) is 0.289. The van der Waals surface area contributed by atoms with E-state index in [-0.39, 0.29) is 0 Å². The van der Waals surface area contributed by atoms with Crippen molar-refractivity contribution in [3.05, 3.63) is 132 Å². The zero-order valence-electron chi connectivity index (χ0n) is 17.6. The highest BCUT2D eigenvalue weighted by Crippen LogP contribution is 2.27. The summed E-state index contributed by atoms with van der Waals surface area (Å²) in [6.07, 6.45) is 0.899. The van der Waals surface area contributed by atoms with E-state index in [4.69, 9.17) is 4.74 Å². The van der Waals surface area contributed by atoms with Crippen LogP contribution in [0, 0.1) is 6.92 Å². The molecule has 0 saturated heterocycles. The molecule has 5 aromatic rings. The van der Waals surface area contributed by atoms with Crippen molar-refractivity contribution in [1.29, 1.82) is 0 Å². The second-order valence-electron chi connectivity index (χ2n) is 8.00. The maximum Gasteiger partial charge on any atom is 0.127 e. The van der Waals surface area contributed by atoms with E-state index in [1.807, 2.05) is 42.5 Å². The molecule has 0 aliphatic carbocycles. The second-order valence-corrected chi connectivity index (χ2v) is 8.00. The van der Waals surface area contributed by atoms with Gasteiger partial charge < -0.3 is 4.74 Å². The van der Waals surface area contributed by atoms with Crippen LogP contribution in [0.4, 0.5) is 0 Å². The minimum atomic E-state index is 0.856. The largest absolute Gasteiger partial charge is 0.457 e. The maximum atomic E-state index is 5.90. The lowest BCUT2D eigenvalue weighted by molar-refractivity contribution is 0.482. The van der Waals surface area contributed by atoms with Crippen LogP contribution in [0.1, 0.15) is 16.7 Å². The van der Waals surface area contributed by atoms with Gasteiger partial charge in [0.1, 0.15) is 11.5 Å². The third-order valence-electron chi connectivity index (χ3n) is 5.60. The van der Waals surface area contributed by atoms with Crippen LogP contribution in [0.25, 0.3) is 21.9 Å². The van der Waals surface area contributed by atoms with Crippen molar-refractivity contribution in [2.24, 2.45) is 0 Å². The number of ether oxygens (including phenoxy) is 1. The van der Waals surface area contributed by atoms with Crippen LogP contribution < -0.4 is 4.74 Å². The zero-order chi connectivity index (χ0) is 21.0. The summed E-state index contributed by atoms with van der Waals surface area (Å²) in [6.45, 7) is 2.12. The minimum absolute atomic E-state index is 0.856. The molecule has 5 aromatic carbocycles. The van der Waals surface area contributed by atoms with Crippen LogP contribution in [0.5, 0.6) is 11.5 Å². The molecule has 0 aliphatic rings. The molecule has 5 rings (SSSR count). The van der Waals surface area contributed by atoms with E-state index < -0.39 is 0 Å². The van der Waals surface area contributed by atoms with E-state index in [0.29, 0.717) is 0 Å². The number of hydrogen-bond acceptors (Lipinski definition) is 1. The van der Waals surface area contributed by atoms with Gasteiger partial charge in [0, 0.05) is 0 Å². The molecule has 0 bridgehead atoms. The number of para-hydroxylation sites is 1. The third kappa shape index (κ3) is 4.51. The SMILES string of the molecule is Cc1ccc(-c2ccc3ccc(Cc4ccc(Oc5ccccc5)cc4)cc3c2)cc1. The zero-order valence-corrected chi connectivity index (χ0v) is 17.6. The molecule has 0 aromatic heterocycles. The number of benzene rings is 5. The van der Waals surface area contributed by atoms with E-state index in [1.54, 1.807) is 0 Å². The van der Waals surface area contributed by atoms with Gasteiger partial charge in [-0.15, -0.1) is 0 Å². The summed E-state index contributed by atoms with van der Waals surface area (Å²) in [5.74, 6) is 1.71. The van der Waals surface area contributed by atoms with Crippen LogP contribution in [0.2, 0.25) is 0 Å². The predicted molar refractivity (Wildman–Crippen MR) is 130 cm³/mol. The van der Waals surface area contributed by atoms with Gasteiger partial charge in [0.15, 0.2) is 0 Å². The standard InChI is InChI=1S/C30H24O/c1-22-7-12-25(13-8-22)27-16-15-26-14-9-24(20-28(26)21-27)19-23-10-17-30(18-11-23)31-29-5-3-2-4-6-29/h2-18,20-21H,19H2,1H3. The van der Waals surface area contributed by atoms with Crippen molar-refractivity contribution in [3.8, 4) is 22.6 Å². The van der Waals surface area contributed by atoms with E-state index in [0.717, 1.165) is 17.9 Å². The summed E-state index contributed by atoms with van der Waals surface area (Å²) < 4.78 is 5.90. The third-order valence-corrected chi connectivity index (χ3v) is 5.60. The van der Waals surface area contributed by atoms with Crippen molar-refractivity contribution in [2.75, 3.05) is 0 Å². The highest BCUT2D eigenvalue weighted by atomic mass is 16.5. The van der Waals surface area contributed by atoms with Gasteiger partial charge >= 0.3 is 0 Å². The first-order valence-corrected chi connectivity index (χ1v) is 10.6. The molecule has 0 spiro atoms. The minimum Gasteiger partial charge on any atom is -0.457 e. The van der Waals surface area contributed by atoms with E-state index in [9.17, 15) is 0 Å². The Morgan fingerprint density at radius 1 is 0.516 bits per heavy atom. The number of rotatable bonds is 5. The predicted octanol–water partition coefficient (Wildman–Crippen LogP) is 8.20. The van der Waals surface area contributed by atoms with Gasteiger partial charge in [0.25, 0.3) is 0 Å². The summed E-state index contributed by atoms with van der Waals surface area (Å²) in [5.41, 5.74) is 6.38. The van der Waals surface area contributed by atoms with Crippen LogP contribution in [0.15, 0.2) is 115 Å². The van der Waals surface area contributed by atoms with Crippen molar-refractivity contribution in [1.82, 2.24) is 0 Å². The Balaban J connectivity index is 1.35. The smallest absolute Gasteiger partial charge is 0.127 e. The molecule has 0 atom stereocenters. The summed E-state index contributed by atoms with van der Waals surface area (Å²) in [5, 5.41) is 2.55.